The van der Waals surface area contributed by atoms with E-state index >= 15 is 0 Å². The normalized spacial score (nSPS) is 24.9. The van der Waals surface area contributed by atoms with E-state index in [-0.39, 0.29) is 24.8 Å². The van der Waals surface area contributed by atoms with Crippen molar-refractivity contribution >= 4 is 36.4 Å². The number of carbonyl (C=O) groups is 1. The summed E-state index contributed by atoms with van der Waals surface area (Å²) in [5.74, 6) is 0.348. The van der Waals surface area contributed by atoms with Crippen LogP contribution in [0, 0.1) is 6.92 Å². The highest BCUT2D eigenvalue weighted by molar-refractivity contribution is 5.85. The van der Waals surface area contributed by atoms with Crippen LogP contribution in [0.5, 0.6) is 0 Å². The number of hydrogen-bond acceptors (Lipinski definition) is 4. The molecule has 0 aliphatic carbocycles. The predicted octanol–water partition coefficient (Wildman–Crippen LogP) is 2.70. The zero-order chi connectivity index (χ0) is 17.9. The summed E-state index contributed by atoms with van der Waals surface area (Å²) >= 11 is 0. The Labute approximate surface area is 181 Å². The minimum Gasteiger partial charge on any atom is -0.369 e. The number of nitrogens with one attached hydrogen (secondary N) is 1. The fraction of sp³-hybridized carbons (Fsp3) is 0.667. The van der Waals surface area contributed by atoms with E-state index in [0.717, 1.165) is 52.2 Å². The van der Waals surface area contributed by atoms with Crippen molar-refractivity contribution in [1.29, 1.82) is 0 Å². The quantitative estimate of drug-likeness (QED) is 0.799. The Kier molecular flexibility index (Phi) is 8.87. The van der Waals surface area contributed by atoms with Crippen molar-refractivity contribution in [1.82, 2.24) is 15.1 Å². The number of halogens is 2. The van der Waals surface area contributed by atoms with Crippen LogP contribution in [0.1, 0.15) is 31.2 Å². The van der Waals surface area contributed by atoms with E-state index < -0.39 is 0 Å². The summed E-state index contributed by atoms with van der Waals surface area (Å²) in [6, 6.07) is 9.93. The topological polar surface area (TPSA) is 38.8 Å². The van der Waals surface area contributed by atoms with Gasteiger partial charge in [0.05, 0.1) is 0 Å². The molecule has 4 rings (SSSR count). The highest BCUT2D eigenvalue weighted by Gasteiger charge is 2.31. The highest BCUT2D eigenvalue weighted by atomic mass is 35.5. The number of amides is 1. The van der Waals surface area contributed by atoms with E-state index in [2.05, 4.69) is 51.2 Å². The third-order valence-electron chi connectivity index (χ3n) is 6.26. The number of benzene rings is 1. The smallest absolute Gasteiger partial charge is 0.223 e. The number of likely N-dealkylation sites (tertiary alicyclic amines) is 1. The van der Waals surface area contributed by atoms with Gasteiger partial charge in [-0.3, -0.25) is 9.69 Å². The van der Waals surface area contributed by atoms with Crippen molar-refractivity contribution in [3.63, 3.8) is 0 Å². The van der Waals surface area contributed by atoms with Gasteiger partial charge in [-0.2, -0.15) is 0 Å². The zero-order valence-corrected chi connectivity index (χ0v) is 18.4. The van der Waals surface area contributed by atoms with Gasteiger partial charge in [0.15, 0.2) is 0 Å². The summed E-state index contributed by atoms with van der Waals surface area (Å²) in [4.78, 5) is 19.7. The van der Waals surface area contributed by atoms with Crippen molar-refractivity contribution in [3.05, 3.63) is 29.8 Å². The first kappa shape index (κ1) is 23.3. The van der Waals surface area contributed by atoms with Gasteiger partial charge in [-0.25, -0.2) is 0 Å². The number of anilines is 1. The number of aryl methyl sites for hydroxylation is 1. The second-order valence-corrected chi connectivity index (χ2v) is 8.18. The fourth-order valence-electron chi connectivity index (χ4n) is 4.64. The lowest BCUT2D eigenvalue weighted by Gasteiger charge is -2.36. The van der Waals surface area contributed by atoms with E-state index in [1.165, 1.54) is 24.1 Å². The van der Waals surface area contributed by atoms with Crippen molar-refractivity contribution < 1.29 is 4.79 Å². The first-order valence-corrected chi connectivity index (χ1v) is 10.3. The van der Waals surface area contributed by atoms with Crippen LogP contribution >= 0.6 is 24.8 Å². The van der Waals surface area contributed by atoms with Gasteiger partial charge in [-0.05, 0) is 43.9 Å². The van der Waals surface area contributed by atoms with Gasteiger partial charge in [0.25, 0.3) is 0 Å². The average molecular weight is 429 g/mol. The predicted molar refractivity (Wildman–Crippen MR) is 120 cm³/mol. The molecule has 2 atom stereocenters. The monoisotopic (exact) mass is 428 g/mol. The van der Waals surface area contributed by atoms with Crippen LogP contribution in [-0.2, 0) is 4.79 Å². The van der Waals surface area contributed by atoms with Crippen molar-refractivity contribution in [2.45, 2.75) is 44.7 Å². The first-order chi connectivity index (χ1) is 12.7. The summed E-state index contributed by atoms with van der Waals surface area (Å²) in [5.41, 5.74) is 2.64. The molecule has 2 unspecified atom stereocenters. The Morgan fingerprint density at radius 3 is 2.54 bits per heavy atom. The molecule has 1 aromatic carbocycles. The summed E-state index contributed by atoms with van der Waals surface area (Å²) in [6.45, 7) is 9.10. The molecule has 1 amide bonds. The SMILES string of the molecule is Cc1cccc(N2CCN(CCC(=O)N3CCC4CCC(C3)N4)CC2)c1.Cl.Cl. The molecule has 3 fully saturated rings. The van der Waals surface area contributed by atoms with Gasteiger partial charge in [0, 0.05) is 70.0 Å². The van der Waals surface area contributed by atoms with Crippen LogP contribution < -0.4 is 10.2 Å². The molecule has 1 N–H and O–H groups in total. The Morgan fingerprint density at radius 1 is 1.04 bits per heavy atom. The summed E-state index contributed by atoms with van der Waals surface area (Å²) in [5, 5.41) is 3.66. The molecule has 5 nitrogen and oxygen atoms in total. The van der Waals surface area contributed by atoms with Crippen molar-refractivity contribution in [3.8, 4) is 0 Å². The number of hydrogen-bond donors (Lipinski definition) is 1. The molecule has 0 aromatic heterocycles. The molecule has 0 radical (unpaired) electrons. The minimum atomic E-state index is 0. The molecule has 28 heavy (non-hydrogen) atoms. The molecule has 3 aliphatic heterocycles. The number of nitrogens with zero attached hydrogens (tertiary/aromatic N) is 3. The van der Waals surface area contributed by atoms with Gasteiger partial charge in [-0.1, -0.05) is 12.1 Å². The molecule has 3 aliphatic rings. The van der Waals surface area contributed by atoms with E-state index in [0.29, 0.717) is 24.4 Å². The van der Waals surface area contributed by atoms with E-state index in [4.69, 9.17) is 0 Å². The maximum Gasteiger partial charge on any atom is 0.223 e. The third-order valence-corrected chi connectivity index (χ3v) is 6.26. The Bertz CT molecular complexity index is 637. The molecule has 0 spiro atoms. The molecule has 3 saturated heterocycles. The Morgan fingerprint density at radius 2 is 1.79 bits per heavy atom. The van der Waals surface area contributed by atoms with Gasteiger partial charge in [-0.15, -0.1) is 24.8 Å². The van der Waals surface area contributed by atoms with Gasteiger partial charge in [0.2, 0.25) is 5.91 Å². The van der Waals surface area contributed by atoms with Crippen LogP contribution in [-0.4, -0.2) is 73.6 Å². The number of fused-ring (bicyclic) bond motifs is 2. The molecule has 0 saturated carbocycles. The highest BCUT2D eigenvalue weighted by Crippen LogP contribution is 2.21. The van der Waals surface area contributed by atoms with Gasteiger partial charge in [0.1, 0.15) is 0 Å². The van der Waals surface area contributed by atoms with E-state index in [9.17, 15) is 4.79 Å². The summed E-state index contributed by atoms with van der Waals surface area (Å²) in [7, 11) is 0. The zero-order valence-electron chi connectivity index (χ0n) is 16.8. The van der Waals surface area contributed by atoms with Crippen LogP contribution in [0.3, 0.4) is 0 Å². The summed E-state index contributed by atoms with van der Waals surface area (Å²) < 4.78 is 0. The van der Waals surface area contributed by atoms with Gasteiger partial charge >= 0.3 is 0 Å². The number of carbonyl (C=O) groups excluding carboxylic acids is 1. The van der Waals surface area contributed by atoms with E-state index in [1.807, 2.05) is 0 Å². The van der Waals surface area contributed by atoms with Gasteiger partial charge < -0.3 is 15.1 Å². The molecule has 3 heterocycles. The van der Waals surface area contributed by atoms with Crippen LogP contribution in [0.15, 0.2) is 24.3 Å². The molecular formula is C21H34Cl2N4O. The molecule has 2 bridgehead atoms. The molecule has 158 valence electrons. The number of rotatable bonds is 4. The molecular weight excluding hydrogens is 395 g/mol. The number of piperazine rings is 1. The fourth-order valence-corrected chi connectivity index (χ4v) is 4.64. The standard InChI is InChI=1S/C21H32N4O.2ClH/c1-17-3-2-4-20(15-17)24-13-11-23(12-14-24)9-8-21(26)25-10-7-18-5-6-19(16-25)22-18;;/h2-4,15,18-19,22H,5-14,16H2,1H3;2*1H. The maximum absolute atomic E-state index is 12.7. The largest absolute Gasteiger partial charge is 0.369 e. The average Bonchev–Trinajstić information content (AvgIpc) is 2.99. The lowest BCUT2D eigenvalue weighted by atomic mass is 10.1. The van der Waals surface area contributed by atoms with Crippen LogP contribution in [0.25, 0.3) is 0 Å². The second-order valence-electron chi connectivity index (χ2n) is 8.18. The summed E-state index contributed by atoms with van der Waals surface area (Å²) in [6.07, 6.45) is 4.31. The second kappa shape index (κ2) is 10.7. The maximum atomic E-state index is 12.7. The third kappa shape index (κ3) is 5.76. The van der Waals surface area contributed by atoms with Crippen molar-refractivity contribution in [2.75, 3.05) is 50.7 Å². The minimum absolute atomic E-state index is 0. The van der Waals surface area contributed by atoms with Crippen molar-refractivity contribution in [2.24, 2.45) is 0 Å². The van der Waals surface area contributed by atoms with E-state index in [1.54, 1.807) is 0 Å². The van der Waals surface area contributed by atoms with Crippen LogP contribution in [0.4, 0.5) is 5.69 Å². The van der Waals surface area contributed by atoms with Crippen LogP contribution in [0.2, 0.25) is 0 Å². The molecule has 1 aromatic rings. The Hall–Kier alpha value is -1.01. The lowest BCUT2D eigenvalue weighted by Crippen LogP contribution is -2.47. The first-order valence-electron chi connectivity index (χ1n) is 10.3. The molecule has 7 heteroatoms. The Balaban J connectivity index is 0.00000140. The lowest BCUT2D eigenvalue weighted by molar-refractivity contribution is -0.131.